The minimum Gasteiger partial charge on any atom is -0.459 e. The van der Waals surface area contributed by atoms with Crippen LogP contribution in [0.4, 0.5) is 65.9 Å². The summed E-state index contributed by atoms with van der Waals surface area (Å²) in [5.74, 6) is -50.4. The van der Waals surface area contributed by atoms with Crippen LogP contribution in [0.1, 0.15) is 48.0 Å². The van der Waals surface area contributed by atoms with Crippen LogP contribution in [0.5, 0.6) is 0 Å². The van der Waals surface area contributed by atoms with Gasteiger partial charge in [0.25, 0.3) is 0 Å². The molecule has 0 aliphatic rings. The van der Waals surface area contributed by atoms with Gasteiger partial charge in [-0.15, -0.1) is 0 Å². The monoisotopic (exact) mass is 568 g/mol. The van der Waals surface area contributed by atoms with Crippen LogP contribution < -0.4 is 0 Å². The van der Waals surface area contributed by atoms with Gasteiger partial charge in [-0.05, 0) is 17.3 Å². The van der Waals surface area contributed by atoms with Crippen LogP contribution in [0.3, 0.4) is 0 Å². The fraction of sp³-hybridized carbons (Fsp3) is 0.947. The van der Waals surface area contributed by atoms with E-state index in [1.807, 2.05) is 0 Å². The molecule has 0 aliphatic carbocycles. The van der Waals surface area contributed by atoms with E-state index in [2.05, 4.69) is 4.74 Å². The Bertz CT molecular complexity index is 786. The molecule has 0 aromatic rings. The molecule has 17 heteroatoms. The molecule has 0 heterocycles. The van der Waals surface area contributed by atoms with Crippen LogP contribution in [0, 0.1) is 16.7 Å². The van der Waals surface area contributed by atoms with Gasteiger partial charge in [0.15, 0.2) is 6.61 Å². The average Bonchev–Trinajstić information content (AvgIpc) is 2.60. The summed E-state index contributed by atoms with van der Waals surface area (Å²) in [6, 6.07) is 0. The van der Waals surface area contributed by atoms with Crippen LogP contribution in [0.25, 0.3) is 0 Å². The molecule has 0 fully saturated rings. The number of esters is 1. The van der Waals surface area contributed by atoms with Gasteiger partial charge in [0.1, 0.15) is 0 Å². The van der Waals surface area contributed by atoms with Crippen molar-refractivity contribution in [2.75, 3.05) is 6.61 Å². The van der Waals surface area contributed by atoms with E-state index in [9.17, 15) is 70.7 Å². The van der Waals surface area contributed by atoms with Crippen molar-refractivity contribution in [3.05, 3.63) is 0 Å². The lowest BCUT2D eigenvalue weighted by atomic mass is 9.72. The average molecular weight is 568 g/mol. The molecule has 0 spiro atoms. The maximum absolute atomic E-state index is 13.9. The third-order valence-corrected chi connectivity index (χ3v) is 4.93. The molecule has 2 nitrogen and oxygen atoms in total. The molecule has 216 valence electrons. The Morgan fingerprint density at radius 2 is 0.917 bits per heavy atom. The maximum atomic E-state index is 13.9. The lowest BCUT2D eigenvalue weighted by molar-refractivity contribution is -0.453. The van der Waals surface area contributed by atoms with Gasteiger partial charge in [-0.1, -0.05) is 41.5 Å². The van der Waals surface area contributed by atoms with Crippen molar-refractivity contribution in [3.8, 4) is 0 Å². The van der Waals surface area contributed by atoms with Crippen molar-refractivity contribution < 1.29 is 75.4 Å². The van der Waals surface area contributed by atoms with Crippen LogP contribution in [-0.2, 0) is 9.53 Å². The topological polar surface area (TPSA) is 26.3 Å². The van der Waals surface area contributed by atoms with E-state index in [1.165, 1.54) is 20.8 Å². The Hall–Kier alpha value is -1.58. The Balaban J connectivity index is 6.26. The molecule has 0 aromatic heterocycles. The number of rotatable bonds is 9. The predicted molar refractivity (Wildman–Crippen MR) is 93.7 cm³/mol. The summed E-state index contributed by atoms with van der Waals surface area (Å²) < 4.78 is 202. The van der Waals surface area contributed by atoms with E-state index in [4.69, 9.17) is 0 Å². The minimum atomic E-state index is -8.38. The van der Waals surface area contributed by atoms with Crippen LogP contribution in [0.2, 0.25) is 0 Å². The quantitative estimate of drug-likeness (QED) is 0.208. The SMILES string of the molecule is CC(C)(C)CC(C(=O)OCC(F)(F)C(F)(F)C(F)(F)C(F)(F)C(F)(F)C(F)(F)C(F)(F)F)C(C)(C)C. The summed E-state index contributed by atoms with van der Waals surface area (Å²) in [4.78, 5) is 12.2. The zero-order valence-corrected chi connectivity index (χ0v) is 19.5. The molecule has 36 heavy (non-hydrogen) atoms. The van der Waals surface area contributed by atoms with E-state index in [0.29, 0.717) is 0 Å². The third kappa shape index (κ3) is 5.94. The molecular formula is C19H23F15O2. The summed E-state index contributed by atoms with van der Waals surface area (Å²) in [5.41, 5.74) is -1.85. The van der Waals surface area contributed by atoms with E-state index in [-0.39, 0.29) is 6.42 Å². The predicted octanol–water partition coefficient (Wildman–Crippen LogP) is 8.00. The molecule has 0 radical (unpaired) electrons. The molecule has 0 saturated carbocycles. The first-order valence-corrected chi connectivity index (χ1v) is 9.72. The summed E-state index contributed by atoms with van der Waals surface area (Å²) in [6.07, 6.45) is -7.83. The number of hydrogen-bond acceptors (Lipinski definition) is 2. The van der Waals surface area contributed by atoms with Crippen LogP contribution in [-0.4, -0.2) is 54.3 Å². The van der Waals surface area contributed by atoms with Crippen molar-refractivity contribution in [2.45, 2.75) is 89.7 Å². The van der Waals surface area contributed by atoms with E-state index < -0.39 is 71.0 Å². The second-order valence-corrected chi connectivity index (χ2v) is 10.4. The first-order valence-electron chi connectivity index (χ1n) is 9.72. The molecule has 0 rings (SSSR count). The fourth-order valence-corrected chi connectivity index (χ4v) is 2.71. The Labute approximate surface area is 195 Å². The molecule has 0 saturated heterocycles. The molecule has 0 bridgehead atoms. The zero-order chi connectivity index (χ0) is 29.8. The van der Waals surface area contributed by atoms with Crippen molar-refractivity contribution in [3.63, 3.8) is 0 Å². The highest BCUT2D eigenvalue weighted by atomic mass is 19.4. The van der Waals surface area contributed by atoms with E-state index in [1.54, 1.807) is 20.8 Å². The van der Waals surface area contributed by atoms with Gasteiger partial charge in [-0.2, -0.15) is 65.9 Å². The van der Waals surface area contributed by atoms with Crippen molar-refractivity contribution in [2.24, 2.45) is 16.7 Å². The largest absolute Gasteiger partial charge is 0.460 e. The highest BCUT2D eigenvalue weighted by Gasteiger charge is 2.93. The fourth-order valence-electron chi connectivity index (χ4n) is 2.71. The Morgan fingerprint density at radius 3 is 1.22 bits per heavy atom. The summed E-state index contributed by atoms with van der Waals surface area (Å²) in [7, 11) is 0. The van der Waals surface area contributed by atoms with Crippen molar-refractivity contribution in [1.82, 2.24) is 0 Å². The first-order chi connectivity index (χ1) is 15.2. The molecule has 0 N–H and O–H groups in total. The first kappa shape index (κ1) is 34.4. The van der Waals surface area contributed by atoms with E-state index >= 15 is 0 Å². The van der Waals surface area contributed by atoms with Gasteiger partial charge in [-0.3, -0.25) is 4.79 Å². The van der Waals surface area contributed by atoms with Gasteiger partial charge >= 0.3 is 47.7 Å². The number of ether oxygens (including phenoxy) is 1. The summed E-state index contributed by atoms with van der Waals surface area (Å²) in [6.45, 7) is 5.57. The van der Waals surface area contributed by atoms with Gasteiger partial charge in [-0.25, -0.2) is 0 Å². The molecule has 1 atom stereocenters. The zero-order valence-electron chi connectivity index (χ0n) is 19.5. The van der Waals surface area contributed by atoms with Crippen LogP contribution in [0.15, 0.2) is 0 Å². The second kappa shape index (κ2) is 9.31. The van der Waals surface area contributed by atoms with Gasteiger partial charge < -0.3 is 4.74 Å². The standard InChI is InChI=1S/C19H23F15O2/c1-11(2,3)7-9(12(4,5)6)10(35)36-8-13(20,21)14(22,23)15(24,25)16(26,27)17(28,29)18(30,31)19(32,33)34/h9H,7-8H2,1-6H3. The van der Waals surface area contributed by atoms with E-state index in [0.717, 1.165) is 0 Å². The molecule has 0 aromatic carbocycles. The van der Waals surface area contributed by atoms with Crippen molar-refractivity contribution >= 4 is 5.97 Å². The highest BCUT2D eigenvalue weighted by molar-refractivity contribution is 5.73. The summed E-state index contributed by atoms with van der Waals surface area (Å²) in [5, 5.41) is 0. The smallest absolute Gasteiger partial charge is 0.459 e. The van der Waals surface area contributed by atoms with Gasteiger partial charge in [0.05, 0.1) is 5.92 Å². The number of hydrogen-bond donors (Lipinski definition) is 0. The molecule has 0 amide bonds. The van der Waals surface area contributed by atoms with Gasteiger partial charge in [0, 0.05) is 0 Å². The number of alkyl halides is 15. The molecular weight excluding hydrogens is 545 g/mol. The minimum absolute atomic E-state index is 0.162. The number of carbonyl (C=O) groups excluding carboxylic acids is 1. The Kier molecular flexibility index (Phi) is 8.90. The third-order valence-electron chi connectivity index (χ3n) is 4.93. The highest BCUT2D eigenvalue weighted by Crippen LogP contribution is 2.62. The lowest BCUT2D eigenvalue weighted by Gasteiger charge is -2.41. The lowest BCUT2D eigenvalue weighted by Crippen LogP contribution is -2.73. The maximum Gasteiger partial charge on any atom is 0.460 e. The van der Waals surface area contributed by atoms with Gasteiger partial charge in [0.2, 0.25) is 0 Å². The molecule has 0 aliphatic heterocycles. The Morgan fingerprint density at radius 1 is 0.583 bits per heavy atom. The van der Waals surface area contributed by atoms with Crippen LogP contribution >= 0.6 is 0 Å². The second-order valence-electron chi connectivity index (χ2n) is 10.4. The number of carbonyl (C=O) groups is 1. The van der Waals surface area contributed by atoms with Crippen molar-refractivity contribution in [1.29, 1.82) is 0 Å². The normalized spacial score (nSPS) is 16.7. The number of halogens is 15. The summed E-state index contributed by atoms with van der Waals surface area (Å²) >= 11 is 0. The molecule has 1 unspecified atom stereocenters.